The van der Waals surface area contributed by atoms with Crippen molar-refractivity contribution in [3.63, 3.8) is 0 Å². The molecule has 0 aliphatic carbocycles. The van der Waals surface area contributed by atoms with Crippen LogP contribution in [-0.4, -0.2) is 42.7 Å². The molecule has 2 aromatic carbocycles. The predicted molar refractivity (Wildman–Crippen MR) is 121 cm³/mol. The first-order chi connectivity index (χ1) is 14.0. The Balaban J connectivity index is 1.45. The Kier molecular flexibility index (Phi) is 7.46. The molecule has 0 radical (unpaired) electrons. The molecule has 6 nitrogen and oxygen atoms in total. The number of rotatable bonds is 7. The van der Waals surface area contributed by atoms with E-state index >= 15 is 0 Å². The summed E-state index contributed by atoms with van der Waals surface area (Å²) in [4.78, 5) is 0. The quantitative estimate of drug-likeness (QED) is 0.644. The first-order valence-electron chi connectivity index (χ1n) is 9.84. The second-order valence-corrected chi connectivity index (χ2v) is 9.52. The van der Waals surface area contributed by atoms with E-state index in [4.69, 9.17) is 17.0 Å². The Labute approximate surface area is 178 Å². The zero-order valence-corrected chi connectivity index (χ0v) is 18.1. The van der Waals surface area contributed by atoms with Crippen molar-refractivity contribution < 1.29 is 13.2 Å². The lowest BCUT2D eigenvalue weighted by Gasteiger charge is -2.32. The maximum atomic E-state index is 12.2. The number of nitrogens with one attached hydrogen (secondary N) is 2. The Morgan fingerprint density at radius 2 is 1.69 bits per heavy atom. The molecule has 1 saturated heterocycles. The van der Waals surface area contributed by atoms with Crippen LogP contribution in [0.3, 0.4) is 0 Å². The van der Waals surface area contributed by atoms with Gasteiger partial charge in [-0.2, -0.15) is 0 Å². The zero-order chi connectivity index (χ0) is 20.7. The molecule has 0 saturated carbocycles. The van der Waals surface area contributed by atoms with Crippen LogP contribution in [0.15, 0.2) is 54.6 Å². The van der Waals surface area contributed by atoms with Crippen LogP contribution in [0.25, 0.3) is 0 Å². The Bertz CT molecular complexity index is 895. The number of ether oxygens (including phenoxy) is 1. The van der Waals surface area contributed by atoms with Crippen LogP contribution in [0, 0.1) is 0 Å². The van der Waals surface area contributed by atoms with E-state index in [0.29, 0.717) is 24.6 Å². The summed E-state index contributed by atoms with van der Waals surface area (Å²) in [7, 11) is -3.12. The highest BCUT2D eigenvalue weighted by Crippen LogP contribution is 2.22. The Hall–Kier alpha value is -2.16. The van der Waals surface area contributed by atoms with Gasteiger partial charge in [-0.25, -0.2) is 12.7 Å². The van der Waals surface area contributed by atoms with Crippen molar-refractivity contribution in [3.8, 4) is 11.5 Å². The van der Waals surface area contributed by atoms with Crippen LogP contribution >= 0.6 is 12.2 Å². The number of piperidine rings is 1. The SMILES string of the molecule is CCCS(=O)(=O)N1CCC(NC(=S)Nc2ccc(Oc3ccccc3)cc2)CC1. The molecule has 0 amide bonds. The minimum atomic E-state index is -3.12. The van der Waals surface area contributed by atoms with E-state index < -0.39 is 10.0 Å². The lowest BCUT2D eigenvalue weighted by atomic mass is 10.1. The highest BCUT2D eigenvalue weighted by Gasteiger charge is 2.27. The van der Waals surface area contributed by atoms with Gasteiger partial charge in [0, 0.05) is 24.8 Å². The van der Waals surface area contributed by atoms with Gasteiger partial charge in [-0.1, -0.05) is 25.1 Å². The molecule has 0 unspecified atom stereocenters. The molecule has 0 aromatic heterocycles. The lowest BCUT2D eigenvalue weighted by molar-refractivity contribution is 0.308. The Morgan fingerprint density at radius 3 is 2.31 bits per heavy atom. The van der Waals surface area contributed by atoms with Crippen molar-refractivity contribution in [1.29, 1.82) is 0 Å². The summed E-state index contributed by atoms with van der Waals surface area (Å²) in [5, 5.41) is 7.01. The van der Waals surface area contributed by atoms with Crippen LogP contribution in [-0.2, 0) is 10.0 Å². The number of para-hydroxylation sites is 1. The van der Waals surface area contributed by atoms with E-state index in [2.05, 4.69) is 10.6 Å². The molecule has 3 rings (SSSR count). The number of sulfonamides is 1. The molecular weight excluding hydrogens is 406 g/mol. The largest absolute Gasteiger partial charge is 0.457 e. The molecule has 1 aliphatic rings. The van der Waals surface area contributed by atoms with E-state index in [-0.39, 0.29) is 11.8 Å². The van der Waals surface area contributed by atoms with E-state index in [1.54, 1.807) is 4.31 Å². The van der Waals surface area contributed by atoms with Crippen LogP contribution < -0.4 is 15.4 Å². The molecule has 0 bridgehead atoms. The molecule has 0 spiro atoms. The fourth-order valence-corrected chi connectivity index (χ4v) is 5.07. The van der Waals surface area contributed by atoms with Crippen molar-refractivity contribution in [2.45, 2.75) is 32.2 Å². The second-order valence-electron chi connectivity index (χ2n) is 7.03. The summed E-state index contributed by atoms with van der Waals surface area (Å²) in [6.07, 6.45) is 2.13. The van der Waals surface area contributed by atoms with Gasteiger partial charge in [0.25, 0.3) is 0 Å². The van der Waals surface area contributed by atoms with Gasteiger partial charge in [-0.05, 0) is 67.9 Å². The topological polar surface area (TPSA) is 70.7 Å². The van der Waals surface area contributed by atoms with Gasteiger partial charge in [0.15, 0.2) is 5.11 Å². The zero-order valence-electron chi connectivity index (χ0n) is 16.5. The van der Waals surface area contributed by atoms with Crippen molar-refractivity contribution in [2.24, 2.45) is 0 Å². The molecular formula is C21H27N3O3S2. The Morgan fingerprint density at radius 1 is 1.07 bits per heavy atom. The van der Waals surface area contributed by atoms with E-state index in [1.807, 2.05) is 61.5 Å². The number of thiocarbonyl (C=S) groups is 1. The molecule has 156 valence electrons. The fraction of sp³-hybridized carbons (Fsp3) is 0.381. The molecule has 1 fully saturated rings. The highest BCUT2D eigenvalue weighted by molar-refractivity contribution is 7.89. The van der Waals surface area contributed by atoms with Gasteiger partial charge < -0.3 is 15.4 Å². The van der Waals surface area contributed by atoms with E-state index in [0.717, 1.165) is 30.0 Å². The normalized spacial score (nSPS) is 15.6. The number of benzene rings is 2. The number of nitrogens with zero attached hydrogens (tertiary/aromatic N) is 1. The molecule has 2 aromatic rings. The number of hydrogen-bond acceptors (Lipinski definition) is 4. The van der Waals surface area contributed by atoms with Crippen molar-refractivity contribution in [3.05, 3.63) is 54.6 Å². The maximum absolute atomic E-state index is 12.2. The fourth-order valence-electron chi connectivity index (χ4n) is 3.25. The lowest BCUT2D eigenvalue weighted by Crippen LogP contribution is -2.47. The summed E-state index contributed by atoms with van der Waals surface area (Å²) < 4.78 is 31.7. The summed E-state index contributed by atoms with van der Waals surface area (Å²) in [6.45, 7) is 2.96. The number of hydrogen-bond donors (Lipinski definition) is 2. The van der Waals surface area contributed by atoms with Gasteiger partial charge in [0.05, 0.1) is 5.75 Å². The first-order valence-corrected chi connectivity index (χ1v) is 11.9. The molecule has 0 atom stereocenters. The second kappa shape index (κ2) is 10.0. The summed E-state index contributed by atoms with van der Waals surface area (Å²) in [5.41, 5.74) is 0.867. The molecule has 1 heterocycles. The first kappa shape index (κ1) is 21.5. The third-order valence-electron chi connectivity index (χ3n) is 4.74. The van der Waals surface area contributed by atoms with Crippen LogP contribution in [0.4, 0.5) is 5.69 Å². The van der Waals surface area contributed by atoms with Gasteiger partial charge in [-0.15, -0.1) is 0 Å². The third kappa shape index (κ3) is 6.42. The summed E-state index contributed by atoms with van der Waals surface area (Å²) in [6, 6.07) is 17.4. The minimum Gasteiger partial charge on any atom is -0.457 e. The van der Waals surface area contributed by atoms with Crippen molar-refractivity contribution >= 4 is 33.0 Å². The van der Waals surface area contributed by atoms with Gasteiger partial charge >= 0.3 is 0 Å². The molecule has 2 N–H and O–H groups in total. The average molecular weight is 434 g/mol. The van der Waals surface area contributed by atoms with E-state index in [1.165, 1.54) is 0 Å². The molecule has 8 heteroatoms. The van der Waals surface area contributed by atoms with Crippen LogP contribution in [0.2, 0.25) is 0 Å². The highest BCUT2D eigenvalue weighted by atomic mass is 32.2. The van der Waals surface area contributed by atoms with Crippen LogP contribution in [0.1, 0.15) is 26.2 Å². The predicted octanol–water partition coefficient (Wildman–Crippen LogP) is 3.97. The monoisotopic (exact) mass is 433 g/mol. The number of anilines is 1. The van der Waals surface area contributed by atoms with Crippen molar-refractivity contribution in [1.82, 2.24) is 9.62 Å². The third-order valence-corrected chi connectivity index (χ3v) is 7.03. The standard InChI is InChI=1S/C21H27N3O3S2/c1-2-16-29(25,26)24-14-12-18(13-15-24)23-21(28)22-17-8-10-20(11-9-17)27-19-6-4-3-5-7-19/h3-11,18H,2,12-16H2,1H3,(H2,22,23,28). The smallest absolute Gasteiger partial charge is 0.214 e. The molecule has 1 aliphatic heterocycles. The van der Waals surface area contributed by atoms with Crippen molar-refractivity contribution in [2.75, 3.05) is 24.2 Å². The van der Waals surface area contributed by atoms with Gasteiger partial charge in [0.2, 0.25) is 10.0 Å². The van der Waals surface area contributed by atoms with E-state index in [9.17, 15) is 8.42 Å². The summed E-state index contributed by atoms with van der Waals surface area (Å²) in [5.74, 6) is 1.76. The molecule has 29 heavy (non-hydrogen) atoms. The maximum Gasteiger partial charge on any atom is 0.214 e. The summed E-state index contributed by atoms with van der Waals surface area (Å²) >= 11 is 5.41. The minimum absolute atomic E-state index is 0.170. The van der Waals surface area contributed by atoms with Crippen LogP contribution in [0.5, 0.6) is 11.5 Å². The average Bonchev–Trinajstić information content (AvgIpc) is 2.71. The van der Waals surface area contributed by atoms with Gasteiger partial charge in [0.1, 0.15) is 11.5 Å². The van der Waals surface area contributed by atoms with Gasteiger partial charge in [-0.3, -0.25) is 0 Å².